The zero-order chi connectivity index (χ0) is 10.6. The van der Waals surface area contributed by atoms with E-state index in [0.29, 0.717) is 10.8 Å². The van der Waals surface area contributed by atoms with Gasteiger partial charge in [-0.15, -0.1) is 11.6 Å². The summed E-state index contributed by atoms with van der Waals surface area (Å²) < 4.78 is 0. The summed E-state index contributed by atoms with van der Waals surface area (Å²) >= 11 is 10.3. The summed E-state index contributed by atoms with van der Waals surface area (Å²) in [5, 5.41) is 0. The summed E-state index contributed by atoms with van der Waals surface area (Å²) in [5.74, 6) is 0.603. The van der Waals surface area contributed by atoms with Crippen LogP contribution >= 0.6 is 23.8 Å². The third-order valence-corrected chi connectivity index (χ3v) is 2.07. The first-order chi connectivity index (χ1) is 6.63. The molecule has 1 aromatic carbocycles. The number of halogens is 1. The summed E-state index contributed by atoms with van der Waals surface area (Å²) in [5.41, 5.74) is 12.5. The Hall–Kier alpha value is -1.13. The molecule has 0 aromatic heterocycles. The van der Waals surface area contributed by atoms with E-state index < -0.39 is 0 Å². The third-order valence-electron chi connectivity index (χ3n) is 1.56. The number of alkyl halides is 1. The third kappa shape index (κ3) is 2.97. The van der Waals surface area contributed by atoms with Crippen molar-refractivity contribution < 1.29 is 0 Å². The van der Waals surface area contributed by atoms with E-state index in [-0.39, 0.29) is 5.88 Å². The first-order valence-electron chi connectivity index (χ1n) is 3.92. The molecule has 0 amide bonds. The lowest BCUT2D eigenvalue weighted by Gasteiger charge is -1.99. The molecule has 4 N–H and O–H groups in total. The van der Waals surface area contributed by atoms with E-state index >= 15 is 0 Å². The molecule has 0 spiro atoms. The number of hydrogen-bond donors (Lipinski definition) is 2. The highest BCUT2D eigenvalue weighted by Crippen LogP contribution is 2.12. The molecule has 0 saturated heterocycles. The van der Waals surface area contributed by atoms with Crippen LogP contribution in [0.1, 0.15) is 5.56 Å². The first kappa shape index (κ1) is 10.9. The van der Waals surface area contributed by atoms with Gasteiger partial charge in [0, 0.05) is 5.56 Å². The minimum atomic E-state index is 0.219. The molecule has 0 radical (unpaired) electrons. The van der Waals surface area contributed by atoms with Crippen molar-refractivity contribution in [2.45, 2.75) is 0 Å². The van der Waals surface area contributed by atoms with Gasteiger partial charge in [-0.25, -0.2) is 4.99 Å². The molecule has 0 atom stereocenters. The van der Waals surface area contributed by atoms with Crippen LogP contribution in [0.4, 0.5) is 5.69 Å². The Balaban J connectivity index is 2.89. The fourth-order valence-electron chi connectivity index (χ4n) is 0.896. The second kappa shape index (κ2) is 4.93. The summed E-state index contributed by atoms with van der Waals surface area (Å²) in [6.07, 6.45) is 0. The van der Waals surface area contributed by atoms with Crippen LogP contribution in [0.5, 0.6) is 0 Å². The van der Waals surface area contributed by atoms with Crippen molar-refractivity contribution in [2.75, 3.05) is 5.88 Å². The van der Waals surface area contributed by atoms with Crippen LogP contribution in [-0.4, -0.2) is 16.7 Å². The van der Waals surface area contributed by atoms with Crippen molar-refractivity contribution in [3.05, 3.63) is 29.8 Å². The number of hydrogen-bond acceptors (Lipinski definition) is 2. The lowest BCUT2D eigenvalue weighted by atomic mass is 10.2. The highest BCUT2D eigenvalue weighted by molar-refractivity contribution is 7.80. The van der Waals surface area contributed by atoms with Crippen LogP contribution in [0.2, 0.25) is 0 Å². The number of nitrogens with two attached hydrogens (primary N) is 2. The van der Waals surface area contributed by atoms with Crippen LogP contribution in [0, 0.1) is 0 Å². The van der Waals surface area contributed by atoms with Gasteiger partial charge in [0.15, 0.2) is 0 Å². The zero-order valence-electron chi connectivity index (χ0n) is 7.40. The highest BCUT2D eigenvalue weighted by atomic mass is 35.5. The number of aliphatic imine (C=N–C) groups is 1. The van der Waals surface area contributed by atoms with Crippen LogP contribution in [0.25, 0.3) is 0 Å². The summed E-state index contributed by atoms with van der Waals surface area (Å²) in [4.78, 5) is 4.42. The lowest BCUT2D eigenvalue weighted by molar-refractivity contribution is 1.45. The summed E-state index contributed by atoms with van der Waals surface area (Å²) in [6.45, 7) is 0. The molecule has 74 valence electrons. The Kier molecular flexibility index (Phi) is 3.85. The molecule has 0 aliphatic heterocycles. The molecule has 0 aliphatic rings. The van der Waals surface area contributed by atoms with Crippen molar-refractivity contribution in [1.29, 1.82) is 0 Å². The fraction of sp³-hybridized carbons (Fsp3) is 0.111. The molecule has 0 unspecified atom stereocenters. The van der Waals surface area contributed by atoms with Crippen molar-refractivity contribution in [2.24, 2.45) is 16.5 Å². The minimum absolute atomic E-state index is 0.219. The smallest absolute Gasteiger partial charge is 0.115 e. The number of thiocarbonyl (C=S) groups is 1. The molecule has 0 heterocycles. The van der Waals surface area contributed by atoms with Gasteiger partial charge in [0.05, 0.1) is 11.6 Å². The minimum Gasteiger partial charge on any atom is -0.389 e. The average molecular weight is 228 g/mol. The molecule has 14 heavy (non-hydrogen) atoms. The molecule has 0 saturated carbocycles. The number of benzene rings is 1. The van der Waals surface area contributed by atoms with Gasteiger partial charge in [0.25, 0.3) is 0 Å². The topological polar surface area (TPSA) is 64.4 Å². The zero-order valence-corrected chi connectivity index (χ0v) is 8.98. The normalized spacial score (nSPS) is 11.4. The maximum absolute atomic E-state index is 5.49. The molecule has 3 nitrogen and oxygen atoms in total. The highest BCUT2D eigenvalue weighted by Gasteiger charge is 1.96. The molecule has 1 aromatic rings. The maximum atomic E-state index is 5.49. The van der Waals surface area contributed by atoms with Crippen LogP contribution in [0.15, 0.2) is 29.3 Å². The van der Waals surface area contributed by atoms with Crippen molar-refractivity contribution >= 4 is 40.3 Å². The standard InChI is InChI=1S/C9H10ClN3S/c10-5-8(11)13-7-3-1-6(2-4-7)9(12)14/h1-4H,5H2,(H2,11,13)(H2,12,14). The molecular formula is C9H10ClN3S. The van der Waals surface area contributed by atoms with Gasteiger partial charge >= 0.3 is 0 Å². The van der Waals surface area contributed by atoms with E-state index in [9.17, 15) is 0 Å². The summed E-state index contributed by atoms with van der Waals surface area (Å²) in [6, 6.07) is 7.16. The maximum Gasteiger partial charge on any atom is 0.115 e. The quantitative estimate of drug-likeness (QED) is 0.356. The van der Waals surface area contributed by atoms with Gasteiger partial charge in [-0.3, -0.25) is 0 Å². The van der Waals surface area contributed by atoms with Gasteiger partial charge < -0.3 is 11.5 Å². The van der Waals surface area contributed by atoms with E-state index in [0.717, 1.165) is 11.3 Å². The van der Waals surface area contributed by atoms with Gasteiger partial charge in [-0.05, 0) is 24.3 Å². The Morgan fingerprint density at radius 3 is 2.29 bits per heavy atom. The lowest BCUT2D eigenvalue weighted by Crippen LogP contribution is -2.12. The van der Waals surface area contributed by atoms with Gasteiger partial charge in [0.2, 0.25) is 0 Å². The molecule has 0 bridgehead atoms. The van der Waals surface area contributed by atoms with E-state index in [1.54, 1.807) is 24.3 Å². The second-order valence-corrected chi connectivity index (χ2v) is 3.35. The SMILES string of the molecule is NC(=S)c1ccc(N=C(N)CCl)cc1. The van der Waals surface area contributed by atoms with E-state index in [1.807, 2.05) is 0 Å². The Morgan fingerprint density at radius 1 is 1.29 bits per heavy atom. The molecule has 1 rings (SSSR count). The van der Waals surface area contributed by atoms with Crippen molar-refractivity contribution in [3.8, 4) is 0 Å². The van der Waals surface area contributed by atoms with E-state index in [4.69, 9.17) is 35.3 Å². The largest absolute Gasteiger partial charge is 0.389 e. The first-order valence-corrected chi connectivity index (χ1v) is 4.86. The van der Waals surface area contributed by atoms with Crippen molar-refractivity contribution in [3.63, 3.8) is 0 Å². The van der Waals surface area contributed by atoms with Crippen LogP contribution < -0.4 is 11.5 Å². The average Bonchev–Trinajstić information content (AvgIpc) is 2.18. The monoisotopic (exact) mass is 227 g/mol. The summed E-state index contributed by atoms with van der Waals surface area (Å²) in [7, 11) is 0. The Bertz CT molecular complexity index is 359. The predicted molar refractivity (Wildman–Crippen MR) is 64.3 cm³/mol. The van der Waals surface area contributed by atoms with E-state index in [1.165, 1.54) is 0 Å². The number of nitrogens with zero attached hydrogens (tertiary/aromatic N) is 1. The molecular weight excluding hydrogens is 218 g/mol. The number of amidine groups is 1. The molecule has 5 heteroatoms. The van der Waals surface area contributed by atoms with Crippen LogP contribution in [0.3, 0.4) is 0 Å². The molecule has 0 fully saturated rings. The number of rotatable bonds is 3. The Labute approximate surface area is 92.8 Å². The van der Waals surface area contributed by atoms with E-state index in [2.05, 4.69) is 4.99 Å². The van der Waals surface area contributed by atoms with Gasteiger partial charge in [-0.1, -0.05) is 12.2 Å². The fourth-order valence-corrected chi connectivity index (χ4v) is 1.09. The predicted octanol–water partition coefficient (Wildman–Crippen LogP) is 1.55. The van der Waals surface area contributed by atoms with Gasteiger partial charge in [0.1, 0.15) is 10.8 Å². The molecule has 0 aliphatic carbocycles. The second-order valence-electron chi connectivity index (χ2n) is 2.65. The Morgan fingerprint density at radius 2 is 1.86 bits per heavy atom. The van der Waals surface area contributed by atoms with Crippen LogP contribution in [-0.2, 0) is 0 Å². The van der Waals surface area contributed by atoms with Gasteiger partial charge in [-0.2, -0.15) is 0 Å². The van der Waals surface area contributed by atoms with Crippen molar-refractivity contribution in [1.82, 2.24) is 0 Å².